The molecule has 1 unspecified atom stereocenters. The molecule has 0 radical (unpaired) electrons. The highest BCUT2D eigenvalue weighted by atomic mass is 32.2. The molecule has 1 aliphatic heterocycles. The largest absolute Gasteiger partial charge is 0.315 e. The van der Waals surface area contributed by atoms with E-state index in [4.69, 9.17) is 0 Å². The maximum Gasteiger partial charge on any atom is 0.243 e. The van der Waals surface area contributed by atoms with Gasteiger partial charge in [0.05, 0.1) is 4.90 Å². The summed E-state index contributed by atoms with van der Waals surface area (Å²) in [5.74, 6) is 0. The quantitative estimate of drug-likeness (QED) is 0.860. The molecule has 1 fully saturated rings. The Bertz CT molecular complexity index is 548. The van der Waals surface area contributed by atoms with Gasteiger partial charge in [0, 0.05) is 49.0 Å². The van der Waals surface area contributed by atoms with Gasteiger partial charge in [0.1, 0.15) is 0 Å². The Morgan fingerprint density at radius 3 is 2.57 bits per heavy atom. The van der Waals surface area contributed by atoms with Gasteiger partial charge >= 0.3 is 0 Å². The summed E-state index contributed by atoms with van der Waals surface area (Å²) in [4.78, 5) is 3.86. The van der Waals surface area contributed by atoms with Gasteiger partial charge in [-0.25, -0.2) is 8.42 Å². The van der Waals surface area contributed by atoms with Crippen LogP contribution in [0.15, 0.2) is 16.3 Å². The van der Waals surface area contributed by atoms with E-state index in [1.165, 1.54) is 11.3 Å². The molecule has 1 N–H and O–H groups in total. The van der Waals surface area contributed by atoms with Crippen LogP contribution >= 0.6 is 11.3 Å². The van der Waals surface area contributed by atoms with Crippen LogP contribution in [0.4, 0.5) is 0 Å². The fraction of sp³-hybridized carbons (Fsp3) is 0.714. The summed E-state index contributed by atoms with van der Waals surface area (Å²) in [6.07, 6.45) is 1.10. The third kappa shape index (κ3) is 3.84. The minimum atomic E-state index is -3.33. The molecule has 7 heteroatoms. The van der Waals surface area contributed by atoms with E-state index in [2.05, 4.69) is 24.1 Å². The van der Waals surface area contributed by atoms with Crippen LogP contribution < -0.4 is 5.32 Å². The highest BCUT2D eigenvalue weighted by Crippen LogP contribution is 2.24. The van der Waals surface area contributed by atoms with Crippen molar-refractivity contribution in [2.45, 2.75) is 37.8 Å². The first kappa shape index (κ1) is 16.9. The van der Waals surface area contributed by atoms with E-state index in [1.54, 1.807) is 15.8 Å². The zero-order valence-corrected chi connectivity index (χ0v) is 14.6. The van der Waals surface area contributed by atoms with E-state index in [1.807, 2.05) is 7.05 Å². The lowest BCUT2D eigenvalue weighted by Gasteiger charge is -2.37. The number of nitrogens with zero attached hydrogens (tertiary/aromatic N) is 2. The summed E-state index contributed by atoms with van der Waals surface area (Å²) in [7, 11) is -1.46. The zero-order valence-electron chi connectivity index (χ0n) is 13.0. The molecule has 1 aromatic heterocycles. The molecule has 0 spiro atoms. The number of hydrogen-bond donors (Lipinski definition) is 1. The first-order valence-electron chi connectivity index (χ1n) is 7.45. The molecule has 21 heavy (non-hydrogen) atoms. The molecule has 0 amide bonds. The predicted molar refractivity (Wildman–Crippen MR) is 87.2 cm³/mol. The van der Waals surface area contributed by atoms with Crippen molar-refractivity contribution in [2.75, 3.05) is 33.2 Å². The molecule has 1 aliphatic rings. The number of thiophene rings is 1. The summed E-state index contributed by atoms with van der Waals surface area (Å²) in [5.41, 5.74) is 0. The van der Waals surface area contributed by atoms with Crippen molar-refractivity contribution in [1.82, 2.24) is 14.5 Å². The molecule has 2 rings (SSSR count). The van der Waals surface area contributed by atoms with Gasteiger partial charge in [0.2, 0.25) is 10.0 Å². The first-order chi connectivity index (χ1) is 9.98. The number of rotatable bonds is 6. The Hall–Kier alpha value is -0.470. The minimum absolute atomic E-state index is 0.440. The first-order valence-corrected chi connectivity index (χ1v) is 9.77. The molecule has 0 aromatic carbocycles. The molecule has 0 saturated carbocycles. The maximum atomic E-state index is 12.6. The van der Waals surface area contributed by atoms with Gasteiger partial charge in [-0.2, -0.15) is 4.31 Å². The summed E-state index contributed by atoms with van der Waals surface area (Å²) >= 11 is 1.50. The van der Waals surface area contributed by atoms with E-state index >= 15 is 0 Å². The monoisotopic (exact) mass is 331 g/mol. The Morgan fingerprint density at radius 2 is 2.00 bits per heavy atom. The van der Waals surface area contributed by atoms with Crippen LogP contribution in [0.1, 0.15) is 25.1 Å². The molecule has 2 heterocycles. The SMILES string of the molecule is CCC(C)N1CCN(S(=O)(=O)c2csc(CNC)c2)CC1. The van der Waals surface area contributed by atoms with E-state index < -0.39 is 10.0 Å². The lowest BCUT2D eigenvalue weighted by molar-refractivity contribution is 0.142. The van der Waals surface area contributed by atoms with Crippen molar-refractivity contribution in [3.63, 3.8) is 0 Å². The Labute approximate surface area is 132 Å². The maximum absolute atomic E-state index is 12.6. The molecule has 1 atom stereocenters. The second kappa shape index (κ2) is 7.19. The number of piperazine rings is 1. The van der Waals surface area contributed by atoms with Crippen LogP contribution in [0, 0.1) is 0 Å². The van der Waals surface area contributed by atoms with Crippen LogP contribution in [0.3, 0.4) is 0 Å². The average molecular weight is 332 g/mol. The lowest BCUT2D eigenvalue weighted by atomic mass is 10.2. The summed E-state index contributed by atoms with van der Waals surface area (Å²) in [5, 5.41) is 4.80. The van der Waals surface area contributed by atoms with Gasteiger partial charge in [-0.1, -0.05) is 6.92 Å². The second-order valence-corrected chi connectivity index (χ2v) is 8.41. The molecule has 1 saturated heterocycles. The Morgan fingerprint density at radius 1 is 1.33 bits per heavy atom. The van der Waals surface area contributed by atoms with E-state index in [9.17, 15) is 8.42 Å². The van der Waals surface area contributed by atoms with Gasteiger partial charge in [0.15, 0.2) is 0 Å². The number of nitrogens with one attached hydrogen (secondary N) is 1. The molecule has 5 nitrogen and oxygen atoms in total. The molecule has 1 aromatic rings. The molecule has 120 valence electrons. The van der Waals surface area contributed by atoms with Gasteiger partial charge in [-0.3, -0.25) is 4.90 Å². The highest BCUT2D eigenvalue weighted by Gasteiger charge is 2.30. The van der Waals surface area contributed by atoms with Crippen LogP contribution in [0.5, 0.6) is 0 Å². The Balaban J connectivity index is 2.03. The van der Waals surface area contributed by atoms with Crippen molar-refractivity contribution in [2.24, 2.45) is 0 Å². The second-order valence-electron chi connectivity index (χ2n) is 5.48. The fourth-order valence-electron chi connectivity index (χ4n) is 2.55. The van der Waals surface area contributed by atoms with Crippen molar-refractivity contribution in [3.8, 4) is 0 Å². The Kier molecular flexibility index (Phi) is 5.79. The van der Waals surface area contributed by atoms with Gasteiger partial charge < -0.3 is 5.32 Å². The van der Waals surface area contributed by atoms with Crippen LogP contribution in [-0.4, -0.2) is 56.9 Å². The molecular weight excluding hydrogens is 306 g/mol. The van der Waals surface area contributed by atoms with E-state index in [0.29, 0.717) is 30.6 Å². The van der Waals surface area contributed by atoms with Crippen molar-refractivity contribution in [3.05, 3.63) is 16.3 Å². The van der Waals surface area contributed by atoms with E-state index in [-0.39, 0.29) is 0 Å². The van der Waals surface area contributed by atoms with Crippen LogP contribution in [-0.2, 0) is 16.6 Å². The fourth-order valence-corrected chi connectivity index (χ4v) is 5.25. The third-order valence-corrected chi connectivity index (χ3v) is 7.07. The summed E-state index contributed by atoms with van der Waals surface area (Å²) < 4.78 is 26.9. The third-order valence-electron chi connectivity index (χ3n) is 4.11. The van der Waals surface area contributed by atoms with Crippen LogP contribution in [0.25, 0.3) is 0 Å². The van der Waals surface area contributed by atoms with Crippen molar-refractivity contribution < 1.29 is 8.42 Å². The minimum Gasteiger partial charge on any atom is -0.315 e. The highest BCUT2D eigenvalue weighted by molar-refractivity contribution is 7.89. The molecular formula is C14H25N3O2S2. The van der Waals surface area contributed by atoms with Gasteiger partial charge in [-0.15, -0.1) is 11.3 Å². The molecule has 0 bridgehead atoms. The smallest absolute Gasteiger partial charge is 0.243 e. The van der Waals surface area contributed by atoms with Gasteiger partial charge in [0.25, 0.3) is 0 Å². The van der Waals surface area contributed by atoms with Crippen molar-refractivity contribution in [1.29, 1.82) is 0 Å². The zero-order chi connectivity index (χ0) is 15.5. The predicted octanol–water partition coefficient (Wildman–Crippen LogP) is 1.57. The normalized spacial score (nSPS) is 19.8. The number of sulfonamides is 1. The number of hydrogen-bond acceptors (Lipinski definition) is 5. The standard InChI is InChI=1S/C14H25N3O2S2/c1-4-12(2)16-5-7-17(8-6-16)21(18,19)14-9-13(10-15-3)20-11-14/h9,11-12,15H,4-8,10H2,1-3H3. The summed E-state index contributed by atoms with van der Waals surface area (Å²) in [6, 6.07) is 2.32. The topological polar surface area (TPSA) is 52.7 Å². The average Bonchev–Trinajstić information content (AvgIpc) is 2.96. The van der Waals surface area contributed by atoms with Crippen molar-refractivity contribution >= 4 is 21.4 Å². The van der Waals surface area contributed by atoms with Gasteiger partial charge in [-0.05, 0) is 26.5 Å². The van der Waals surface area contributed by atoms with Crippen LogP contribution in [0.2, 0.25) is 0 Å². The summed E-state index contributed by atoms with van der Waals surface area (Å²) in [6.45, 7) is 7.90. The molecule has 0 aliphatic carbocycles. The van der Waals surface area contributed by atoms with E-state index in [0.717, 1.165) is 24.4 Å². The lowest BCUT2D eigenvalue weighted by Crippen LogP contribution is -2.51.